The number of nitrogens with zero attached hydrogens (tertiary/aromatic N) is 2. The fourth-order valence-electron chi connectivity index (χ4n) is 3.77. The molecule has 0 unspecified atom stereocenters. The molecule has 0 spiro atoms. The van der Waals surface area contributed by atoms with Crippen molar-refractivity contribution in [3.8, 4) is 5.69 Å². The number of nitrogens with one attached hydrogen (secondary N) is 1. The molecule has 5 nitrogen and oxygen atoms in total. The van der Waals surface area contributed by atoms with Gasteiger partial charge in [-0.25, -0.2) is 4.39 Å². The Morgan fingerprint density at radius 3 is 2.45 bits per heavy atom. The first-order valence-corrected chi connectivity index (χ1v) is 10.8. The molecule has 0 saturated carbocycles. The minimum atomic E-state index is -0.525. The maximum absolute atomic E-state index is 13.4. The number of ether oxygens (including phenoxy) is 1. The van der Waals surface area contributed by atoms with Crippen LogP contribution in [0.15, 0.2) is 53.5 Å². The van der Waals surface area contributed by atoms with E-state index in [1.54, 1.807) is 18.2 Å². The largest absolute Gasteiger partial charge is 0.383 e. The predicted molar refractivity (Wildman–Crippen MR) is 121 cm³/mol. The summed E-state index contributed by atoms with van der Waals surface area (Å²) in [4.78, 5) is 12.3. The predicted octanol–water partition coefficient (Wildman–Crippen LogP) is 5.49. The molecule has 162 valence electrons. The van der Waals surface area contributed by atoms with Gasteiger partial charge in [0.25, 0.3) is 5.56 Å². The van der Waals surface area contributed by atoms with E-state index < -0.39 is 5.56 Å². The SMILES string of the molecule is O=c1c(Cl)c(Cl)cnn1-c1ccc(NCC2(c3ccc(F)cc3)CCOCC2)c(Cl)c1. The fourth-order valence-corrected chi connectivity index (χ4v) is 4.27. The van der Waals surface area contributed by atoms with E-state index in [0.29, 0.717) is 36.2 Å². The minimum Gasteiger partial charge on any atom is -0.383 e. The van der Waals surface area contributed by atoms with Crippen LogP contribution in [0.1, 0.15) is 18.4 Å². The van der Waals surface area contributed by atoms with E-state index in [1.807, 2.05) is 12.1 Å². The molecule has 3 aromatic rings. The van der Waals surface area contributed by atoms with Crippen LogP contribution in [0, 0.1) is 5.82 Å². The summed E-state index contributed by atoms with van der Waals surface area (Å²) in [6.45, 7) is 1.88. The van der Waals surface area contributed by atoms with Gasteiger partial charge in [-0.15, -0.1) is 0 Å². The van der Waals surface area contributed by atoms with E-state index in [-0.39, 0.29) is 21.3 Å². The normalized spacial score (nSPS) is 15.6. The van der Waals surface area contributed by atoms with Crippen molar-refractivity contribution in [2.75, 3.05) is 25.1 Å². The van der Waals surface area contributed by atoms with Crippen molar-refractivity contribution in [1.29, 1.82) is 0 Å². The second-order valence-corrected chi connectivity index (χ2v) is 8.63. The third-order valence-corrected chi connectivity index (χ3v) is 6.66. The monoisotopic (exact) mass is 481 g/mol. The summed E-state index contributed by atoms with van der Waals surface area (Å²) in [5, 5.41) is 7.86. The Morgan fingerprint density at radius 2 is 1.77 bits per heavy atom. The van der Waals surface area contributed by atoms with Gasteiger partial charge in [0.1, 0.15) is 10.8 Å². The summed E-state index contributed by atoms with van der Waals surface area (Å²) in [5.41, 5.74) is 1.52. The highest BCUT2D eigenvalue weighted by molar-refractivity contribution is 6.41. The second-order valence-electron chi connectivity index (χ2n) is 7.44. The number of rotatable bonds is 5. The molecule has 1 N–H and O–H groups in total. The molecule has 31 heavy (non-hydrogen) atoms. The zero-order valence-electron chi connectivity index (χ0n) is 16.4. The Balaban J connectivity index is 1.58. The minimum absolute atomic E-state index is 0.0925. The maximum Gasteiger partial charge on any atom is 0.291 e. The lowest BCUT2D eigenvalue weighted by molar-refractivity contribution is 0.0544. The van der Waals surface area contributed by atoms with Crippen molar-refractivity contribution in [3.63, 3.8) is 0 Å². The molecule has 4 rings (SSSR count). The molecule has 2 heterocycles. The van der Waals surface area contributed by atoms with Gasteiger partial charge in [-0.1, -0.05) is 46.9 Å². The standard InChI is InChI=1S/C22H19Cl3FN3O2/c23-17-11-16(29-21(30)20(25)18(24)12-28-29)5-6-19(17)27-13-22(7-9-31-10-8-22)14-1-3-15(26)4-2-14/h1-6,11-12,27H,7-10,13H2. The molecule has 1 aliphatic rings. The van der Waals surface area contributed by atoms with Crippen LogP contribution in [0.5, 0.6) is 0 Å². The van der Waals surface area contributed by atoms with Gasteiger partial charge in [0.2, 0.25) is 0 Å². The highest BCUT2D eigenvalue weighted by Crippen LogP contribution is 2.36. The molecule has 0 bridgehead atoms. The highest BCUT2D eigenvalue weighted by Gasteiger charge is 2.34. The first kappa shape index (κ1) is 22.1. The van der Waals surface area contributed by atoms with Gasteiger partial charge in [-0.3, -0.25) is 4.79 Å². The van der Waals surface area contributed by atoms with Crippen LogP contribution in [0.3, 0.4) is 0 Å². The Kier molecular flexibility index (Phi) is 6.53. The van der Waals surface area contributed by atoms with E-state index >= 15 is 0 Å². The lowest BCUT2D eigenvalue weighted by atomic mass is 9.74. The zero-order chi connectivity index (χ0) is 22.0. The molecule has 0 aliphatic carbocycles. The Morgan fingerprint density at radius 1 is 1.06 bits per heavy atom. The van der Waals surface area contributed by atoms with Gasteiger partial charge in [-0.2, -0.15) is 9.78 Å². The molecular formula is C22H19Cl3FN3O2. The summed E-state index contributed by atoms with van der Waals surface area (Å²) >= 11 is 18.3. The molecule has 0 radical (unpaired) electrons. The summed E-state index contributed by atoms with van der Waals surface area (Å²) in [6.07, 6.45) is 2.93. The summed E-state index contributed by atoms with van der Waals surface area (Å²) < 4.78 is 20.1. The van der Waals surface area contributed by atoms with Crippen LogP contribution < -0.4 is 10.9 Å². The topological polar surface area (TPSA) is 56.2 Å². The van der Waals surface area contributed by atoms with Gasteiger partial charge in [0.05, 0.1) is 27.6 Å². The molecule has 0 amide bonds. The second kappa shape index (κ2) is 9.17. The lowest BCUT2D eigenvalue weighted by Crippen LogP contribution is -2.40. The number of benzene rings is 2. The molecule has 1 aliphatic heterocycles. The van der Waals surface area contributed by atoms with Crippen LogP contribution in [0.4, 0.5) is 10.1 Å². The molecule has 2 aromatic carbocycles. The number of anilines is 1. The van der Waals surface area contributed by atoms with Crippen molar-refractivity contribution in [2.45, 2.75) is 18.3 Å². The average molecular weight is 483 g/mol. The van der Waals surface area contributed by atoms with Crippen LogP contribution in [-0.4, -0.2) is 29.5 Å². The fraction of sp³-hybridized carbons (Fsp3) is 0.273. The molecule has 1 fully saturated rings. The average Bonchev–Trinajstić information content (AvgIpc) is 2.78. The molecule has 9 heteroatoms. The van der Waals surface area contributed by atoms with Crippen molar-refractivity contribution >= 4 is 40.5 Å². The molecule has 0 atom stereocenters. The first-order valence-electron chi connectivity index (χ1n) is 9.71. The van der Waals surface area contributed by atoms with Crippen LogP contribution in [0.25, 0.3) is 5.69 Å². The third kappa shape index (κ3) is 4.58. The smallest absolute Gasteiger partial charge is 0.291 e. The number of hydrogen-bond acceptors (Lipinski definition) is 4. The molecule has 1 aromatic heterocycles. The van der Waals surface area contributed by atoms with Gasteiger partial charge in [0, 0.05) is 25.2 Å². The van der Waals surface area contributed by atoms with Crippen LogP contribution >= 0.6 is 34.8 Å². The number of halogens is 4. The number of hydrogen-bond donors (Lipinski definition) is 1. The highest BCUT2D eigenvalue weighted by atomic mass is 35.5. The zero-order valence-corrected chi connectivity index (χ0v) is 18.6. The number of aromatic nitrogens is 2. The maximum atomic E-state index is 13.4. The van der Waals surface area contributed by atoms with Crippen molar-refractivity contribution < 1.29 is 9.13 Å². The van der Waals surface area contributed by atoms with Gasteiger partial charge in [0.15, 0.2) is 0 Å². The van der Waals surface area contributed by atoms with Crippen LogP contribution in [-0.2, 0) is 10.2 Å². The van der Waals surface area contributed by atoms with E-state index in [0.717, 1.165) is 23.1 Å². The van der Waals surface area contributed by atoms with E-state index in [4.69, 9.17) is 39.5 Å². The summed E-state index contributed by atoms with van der Waals surface area (Å²) in [6, 6.07) is 11.8. The van der Waals surface area contributed by atoms with E-state index in [9.17, 15) is 9.18 Å². The van der Waals surface area contributed by atoms with Gasteiger partial charge in [-0.05, 0) is 48.7 Å². The lowest BCUT2D eigenvalue weighted by Gasteiger charge is -2.38. The van der Waals surface area contributed by atoms with Gasteiger partial charge >= 0.3 is 0 Å². The Labute approximate surface area is 193 Å². The van der Waals surface area contributed by atoms with E-state index in [2.05, 4.69) is 10.4 Å². The Bertz CT molecular complexity index is 1150. The van der Waals surface area contributed by atoms with Gasteiger partial charge < -0.3 is 10.1 Å². The van der Waals surface area contributed by atoms with Crippen LogP contribution in [0.2, 0.25) is 15.1 Å². The molecular weight excluding hydrogens is 464 g/mol. The van der Waals surface area contributed by atoms with Crippen molar-refractivity contribution in [1.82, 2.24) is 9.78 Å². The first-order chi connectivity index (χ1) is 14.9. The van der Waals surface area contributed by atoms with E-state index in [1.165, 1.54) is 18.3 Å². The third-order valence-electron chi connectivity index (χ3n) is 5.60. The Hall–Kier alpha value is -2.12. The molecule has 1 saturated heterocycles. The summed E-state index contributed by atoms with van der Waals surface area (Å²) in [5.74, 6) is -0.260. The van der Waals surface area contributed by atoms with Crippen molar-refractivity contribution in [2.24, 2.45) is 0 Å². The quantitative estimate of drug-likeness (QED) is 0.522. The summed E-state index contributed by atoms with van der Waals surface area (Å²) in [7, 11) is 0. The van der Waals surface area contributed by atoms with Crippen molar-refractivity contribution in [3.05, 3.63) is 85.5 Å².